The van der Waals surface area contributed by atoms with E-state index in [0.717, 1.165) is 42.3 Å². The third kappa shape index (κ3) is 4.89. The van der Waals surface area contributed by atoms with E-state index in [1.807, 2.05) is 36.7 Å². The average Bonchev–Trinajstić information content (AvgIpc) is 2.95. The smallest absolute Gasteiger partial charge is 0.297 e. The van der Waals surface area contributed by atoms with Gasteiger partial charge < -0.3 is 14.8 Å². The number of hydrogen-bond acceptors (Lipinski definition) is 4. The lowest BCUT2D eigenvalue weighted by Crippen LogP contribution is -2.37. The van der Waals surface area contributed by atoms with Crippen molar-refractivity contribution < 1.29 is 14.3 Å². The van der Waals surface area contributed by atoms with Crippen LogP contribution in [0.3, 0.4) is 0 Å². The molecule has 1 aromatic heterocycles. The summed E-state index contributed by atoms with van der Waals surface area (Å²) in [6.45, 7) is 7.85. The van der Waals surface area contributed by atoms with E-state index in [2.05, 4.69) is 22.9 Å². The van der Waals surface area contributed by atoms with Crippen LogP contribution in [0.25, 0.3) is 17.1 Å². The van der Waals surface area contributed by atoms with Gasteiger partial charge in [-0.15, -0.1) is 0 Å². The maximum absolute atomic E-state index is 11.1. The van der Waals surface area contributed by atoms with Crippen LogP contribution in [0, 0.1) is 0 Å². The summed E-state index contributed by atoms with van der Waals surface area (Å²) in [5.74, 6) is -0.0223. The van der Waals surface area contributed by atoms with Crippen LogP contribution in [0.4, 0.5) is 0 Å². The van der Waals surface area contributed by atoms with E-state index in [0.29, 0.717) is 12.6 Å². The fraction of sp³-hybridized carbons (Fsp3) is 0.524. The lowest BCUT2D eigenvalue weighted by molar-refractivity contribution is -0.120. The lowest BCUT2D eigenvalue weighted by atomic mass is 9.95. The van der Waals surface area contributed by atoms with Gasteiger partial charge >= 0.3 is 0 Å². The molecule has 1 amide bonds. The number of aryl methyl sites for hydroxylation is 1. The van der Waals surface area contributed by atoms with E-state index >= 15 is 0 Å². The quantitative estimate of drug-likeness (QED) is 0.810. The zero-order valence-corrected chi connectivity index (χ0v) is 16.4. The van der Waals surface area contributed by atoms with Gasteiger partial charge in [-0.2, -0.15) is 4.98 Å². The number of amides is 1. The molecule has 1 saturated carbocycles. The number of aromatic nitrogens is 2. The summed E-state index contributed by atoms with van der Waals surface area (Å²) < 4.78 is 14.1. The number of imidazole rings is 1. The maximum Gasteiger partial charge on any atom is 0.297 e. The molecule has 1 N–H and O–H groups in total. The van der Waals surface area contributed by atoms with Crippen molar-refractivity contribution in [3.63, 3.8) is 0 Å². The second-order valence-electron chi connectivity index (χ2n) is 7.36. The van der Waals surface area contributed by atoms with Crippen LogP contribution in [0.2, 0.25) is 0 Å². The molecule has 0 spiro atoms. The summed E-state index contributed by atoms with van der Waals surface area (Å²) in [4.78, 5) is 15.7. The number of fused-ring (bicyclic) bond motifs is 1. The van der Waals surface area contributed by atoms with E-state index in [4.69, 9.17) is 9.47 Å². The molecular formula is C21H29N3O3. The van der Waals surface area contributed by atoms with Crippen LogP contribution >= 0.6 is 0 Å². The molecule has 6 heteroatoms. The molecule has 1 aliphatic rings. The molecule has 6 nitrogen and oxygen atoms in total. The molecule has 1 fully saturated rings. The lowest BCUT2D eigenvalue weighted by Gasteiger charge is -2.29. The maximum atomic E-state index is 11.1. The van der Waals surface area contributed by atoms with E-state index in [1.54, 1.807) is 0 Å². The summed E-state index contributed by atoms with van der Waals surface area (Å²) >= 11 is 0. The Morgan fingerprint density at radius 2 is 2.07 bits per heavy atom. The standard InChI is InChI=1S/C21H29N3O3/c1-5-16-6-11-19-20(12-16)24(4)21(23-19)27-18-9-7-17(8-10-18)26-13-14(2)22-15(3)25/h5-6,11-12,14,17-18H,1,7-10,13H2,2-4H3,(H,22,25)/t14-,17?,18?/m0/s1. The molecule has 0 aliphatic heterocycles. The summed E-state index contributed by atoms with van der Waals surface area (Å²) in [6, 6.07) is 6.78. The summed E-state index contributed by atoms with van der Waals surface area (Å²) in [6.07, 6.45) is 6.04. The fourth-order valence-electron chi connectivity index (χ4n) is 3.55. The van der Waals surface area contributed by atoms with Crippen LogP contribution in [0.5, 0.6) is 6.01 Å². The molecule has 2 aromatic rings. The van der Waals surface area contributed by atoms with Gasteiger partial charge in [0.1, 0.15) is 6.10 Å². The fourth-order valence-corrected chi connectivity index (χ4v) is 3.55. The third-order valence-electron chi connectivity index (χ3n) is 5.02. The molecular weight excluding hydrogens is 342 g/mol. The first-order chi connectivity index (χ1) is 13.0. The van der Waals surface area contributed by atoms with Gasteiger partial charge in [0.15, 0.2) is 0 Å². The van der Waals surface area contributed by atoms with Crippen LogP contribution in [0.15, 0.2) is 24.8 Å². The Balaban J connectivity index is 1.52. The SMILES string of the molecule is C=Cc1ccc2nc(OC3CCC(OC[C@H](C)NC(C)=O)CC3)n(C)c2c1. The van der Waals surface area contributed by atoms with Gasteiger partial charge in [-0.25, -0.2) is 0 Å². The van der Waals surface area contributed by atoms with Gasteiger partial charge in [-0.3, -0.25) is 9.36 Å². The number of carbonyl (C=O) groups excluding carboxylic acids is 1. The molecule has 1 heterocycles. The monoisotopic (exact) mass is 371 g/mol. The van der Waals surface area contributed by atoms with Crippen LogP contribution < -0.4 is 10.1 Å². The highest BCUT2D eigenvalue weighted by molar-refractivity contribution is 5.79. The van der Waals surface area contributed by atoms with E-state index in [9.17, 15) is 4.79 Å². The predicted molar refractivity (Wildman–Crippen MR) is 107 cm³/mol. The van der Waals surface area contributed by atoms with Crippen molar-refractivity contribution in [3.8, 4) is 6.01 Å². The number of carbonyl (C=O) groups is 1. The summed E-state index contributed by atoms with van der Waals surface area (Å²) in [7, 11) is 1.98. The predicted octanol–water partition coefficient (Wildman–Crippen LogP) is 3.45. The molecule has 0 unspecified atom stereocenters. The second-order valence-corrected chi connectivity index (χ2v) is 7.36. The molecule has 0 saturated heterocycles. The Bertz CT molecular complexity index is 806. The Morgan fingerprint density at radius 1 is 1.37 bits per heavy atom. The zero-order chi connectivity index (χ0) is 19.4. The van der Waals surface area contributed by atoms with Gasteiger partial charge in [0, 0.05) is 20.0 Å². The van der Waals surface area contributed by atoms with Crippen molar-refractivity contribution in [2.24, 2.45) is 7.05 Å². The van der Waals surface area contributed by atoms with Gasteiger partial charge in [0.05, 0.1) is 23.7 Å². The van der Waals surface area contributed by atoms with Crippen LogP contribution in [-0.4, -0.2) is 40.3 Å². The summed E-state index contributed by atoms with van der Waals surface area (Å²) in [5, 5.41) is 2.85. The van der Waals surface area contributed by atoms with Gasteiger partial charge in [0.25, 0.3) is 6.01 Å². The topological polar surface area (TPSA) is 65.4 Å². The second kappa shape index (κ2) is 8.57. The minimum absolute atomic E-state index is 0.0223. The number of nitrogens with zero attached hydrogens (tertiary/aromatic N) is 2. The zero-order valence-electron chi connectivity index (χ0n) is 16.4. The van der Waals surface area contributed by atoms with Crippen molar-refractivity contribution in [1.82, 2.24) is 14.9 Å². The van der Waals surface area contributed by atoms with Gasteiger partial charge in [-0.05, 0) is 50.3 Å². The number of benzene rings is 1. The first-order valence-corrected chi connectivity index (χ1v) is 9.60. The van der Waals surface area contributed by atoms with Crippen LogP contribution in [-0.2, 0) is 16.6 Å². The first-order valence-electron chi connectivity index (χ1n) is 9.60. The molecule has 3 rings (SSSR count). The largest absolute Gasteiger partial charge is 0.461 e. The Kier molecular flexibility index (Phi) is 6.16. The molecule has 0 bridgehead atoms. The highest BCUT2D eigenvalue weighted by atomic mass is 16.5. The Morgan fingerprint density at radius 3 is 2.74 bits per heavy atom. The molecule has 1 aromatic carbocycles. The number of nitrogens with one attached hydrogen (secondary N) is 1. The first kappa shape index (κ1) is 19.4. The number of rotatable bonds is 7. The third-order valence-corrected chi connectivity index (χ3v) is 5.02. The van der Waals surface area contributed by atoms with Crippen molar-refractivity contribution in [2.75, 3.05) is 6.61 Å². The molecule has 1 atom stereocenters. The van der Waals surface area contributed by atoms with Crippen LogP contribution in [0.1, 0.15) is 45.1 Å². The van der Waals surface area contributed by atoms with E-state index in [1.165, 1.54) is 6.92 Å². The summed E-state index contributed by atoms with van der Waals surface area (Å²) in [5.41, 5.74) is 3.05. The highest BCUT2D eigenvalue weighted by Gasteiger charge is 2.25. The average molecular weight is 371 g/mol. The number of hydrogen-bond donors (Lipinski definition) is 1. The van der Waals surface area contributed by atoms with Crippen molar-refractivity contribution in [1.29, 1.82) is 0 Å². The van der Waals surface area contributed by atoms with E-state index in [-0.39, 0.29) is 24.2 Å². The van der Waals surface area contributed by atoms with E-state index < -0.39 is 0 Å². The van der Waals surface area contributed by atoms with Crippen molar-refractivity contribution in [3.05, 3.63) is 30.3 Å². The van der Waals surface area contributed by atoms with Crippen molar-refractivity contribution in [2.45, 2.75) is 57.8 Å². The molecule has 0 radical (unpaired) electrons. The molecule has 27 heavy (non-hydrogen) atoms. The minimum atomic E-state index is -0.0223. The minimum Gasteiger partial charge on any atom is -0.461 e. The number of ether oxygens (including phenoxy) is 2. The highest BCUT2D eigenvalue weighted by Crippen LogP contribution is 2.27. The molecule has 146 valence electrons. The normalized spacial score (nSPS) is 21.0. The van der Waals surface area contributed by atoms with Gasteiger partial charge in [0.2, 0.25) is 5.91 Å². The van der Waals surface area contributed by atoms with Crippen molar-refractivity contribution >= 4 is 23.0 Å². The van der Waals surface area contributed by atoms with Gasteiger partial charge in [-0.1, -0.05) is 18.7 Å². The Labute approximate surface area is 160 Å². The Hall–Kier alpha value is -2.34. The molecule has 1 aliphatic carbocycles.